The normalized spacial score (nSPS) is 14.2. The van der Waals surface area contributed by atoms with E-state index in [9.17, 15) is 4.79 Å². The molecule has 24 heavy (non-hydrogen) atoms. The Morgan fingerprint density at radius 2 is 2.12 bits per heavy atom. The van der Waals surface area contributed by atoms with Gasteiger partial charge in [0.15, 0.2) is 0 Å². The molecule has 0 aliphatic carbocycles. The van der Waals surface area contributed by atoms with Crippen LogP contribution in [0.5, 0.6) is 5.75 Å². The van der Waals surface area contributed by atoms with Crippen molar-refractivity contribution < 1.29 is 14.3 Å². The number of rotatable bonds is 2. The first-order valence-corrected chi connectivity index (χ1v) is 8.78. The van der Waals surface area contributed by atoms with Gasteiger partial charge in [-0.2, -0.15) is 0 Å². The van der Waals surface area contributed by atoms with Crippen LogP contribution >= 0.6 is 11.3 Å². The van der Waals surface area contributed by atoms with Gasteiger partial charge in [-0.1, -0.05) is 12.1 Å². The summed E-state index contributed by atoms with van der Waals surface area (Å²) in [5, 5.41) is 0.963. The fourth-order valence-corrected chi connectivity index (χ4v) is 3.68. The molecule has 0 fully saturated rings. The number of nitrogens with zero attached hydrogens (tertiary/aromatic N) is 2. The molecule has 0 saturated heterocycles. The van der Waals surface area contributed by atoms with Crippen LogP contribution in [0.25, 0.3) is 10.6 Å². The van der Waals surface area contributed by atoms with Crippen LogP contribution in [0.4, 0.5) is 4.79 Å². The highest BCUT2D eigenvalue weighted by Gasteiger charge is 2.28. The molecule has 2 heterocycles. The third kappa shape index (κ3) is 3.70. The predicted molar refractivity (Wildman–Crippen MR) is 94.5 cm³/mol. The number of ether oxygens (including phenoxy) is 2. The minimum Gasteiger partial charge on any atom is -0.497 e. The van der Waals surface area contributed by atoms with E-state index in [1.54, 1.807) is 23.3 Å². The molecule has 0 N–H and O–H groups in total. The number of hydrogen-bond donors (Lipinski definition) is 0. The van der Waals surface area contributed by atoms with E-state index in [0.29, 0.717) is 13.1 Å². The average Bonchev–Trinajstić information content (AvgIpc) is 2.96. The number of carbonyl (C=O) groups excluding carboxylic acids is 1. The topological polar surface area (TPSA) is 51.7 Å². The second-order valence-corrected chi connectivity index (χ2v) is 7.86. The number of thiazole rings is 1. The summed E-state index contributed by atoms with van der Waals surface area (Å²) in [7, 11) is 1.66. The summed E-state index contributed by atoms with van der Waals surface area (Å²) >= 11 is 1.63. The van der Waals surface area contributed by atoms with Crippen LogP contribution < -0.4 is 4.74 Å². The number of benzene rings is 1. The zero-order valence-electron chi connectivity index (χ0n) is 14.5. The van der Waals surface area contributed by atoms with Crippen molar-refractivity contribution in [2.75, 3.05) is 13.7 Å². The monoisotopic (exact) mass is 346 g/mol. The molecule has 128 valence electrons. The van der Waals surface area contributed by atoms with Crippen molar-refractivity contribution in [3.8, 4) is 16.3 Å². The minimum atomic E-state index is -0.475. The molecule has 1 aliphatic rings. The van der Waals surface area contributed by atoms with E-state index in [1.165, 1.54) is 0 Å². The van der Waals surface area contributed by atoms with Gasteiger partial charge in [-0.15, -0.1) is 11.3 Å². The molecule has 3 rings (SSSR count). The van der Waals surface area contributed by atoms with E-state index in [2.05, 4.69) is 0 Å². The van der Waals surface area contributed by atoms with Crippen molar-refractivity contribution in [2.24, 2.45) is 0 Å². The third-order valence-corrected chi connectivity index (χ3v) is 4.83. The summed E-state index contributed by atoms with van der Waals surface area (Å²) in [6, 6.07) is 7.89. The van der Waals surface area contributed by atoms with E-state index in [-0.39, 0.29) is 6.09 Å². The van der Waals surface area contributed by atoms with E-state index in [4.69, 9.17) is 14.5 Å². The number of fused-ring (bicyclic) bond motifs is 1. The maximum Gasteiger partial charge on any atom is 0.410 e. The Balaban J connectivity index is 1.78. The molecule has 1 aromatic carbocycles. The fraction of sp³-hybridized carbons (Fsp3) is 0.444. The fourth-order valence-electron chi connectivity index (χ4n) is 2.56. The van der Waals surface area contributed by atoms with Gasteiger partial charge in [0.25, 0.3) is 0 Å². The molecule has 1 aliphatic heterocycles. The van der Waals surface area contributed by atoms with Gasteiger partial charge >= 0.3 is 6.09 Å². The summed E-state index contributed by atoms with van der Waals surface area (Å²) in [5.74, 6) is 0.816. The van der Waals surface area contributed by atoms with Crippen molar-refractivity contribution in [1.29, 1.82) is 0 Å². The molecule has 0 radical (unpaired) electrons. The molecular formula is C18H22N2O3S. The lowest BCUT2D eigenvalue weighted by Crippen LogP contribution is -2.39. The predicted octanol–water partition coefficient (Wildman–Crippen LogP) is 4.11. The molecular weight excluding hydrogens is 324 g/mol. The third-order valence-electron chi connectivity index (χ3n) is 3.70. The van der Waals surface area contributed by atoms with Gasteiger partial charge in [0.05, 0.1) is 19.3 Å². The van der Waals surface area contributed by atoms with Crippen LogP contribution in [0, 0.1) is 0 Å². The van der Waals surface area contributed by atoms with Crippen molar-refractivity contribution in [3.05, 3.63) is 34.8 Å². The van der Waals surface area contributed by atoms with Crippen molar-refractivity contribution in [1.82, 2.24) is 9.88 Å². The smallest absolute Gasteiger partial charge is 0.410 e. The van der Waals surface area contributed by atoms with E-state index in [0.717, 1.165) is 33.3 Å². The highest BCUT2D eigenvalue weighted by atomic mass is 32.1. The summed E-state index contributed by atoms with van der Waals surface area (Å²) in [6.07, 6.45) is 0.499. The number of methoxy groups -OCH3 is 1. The Hall–Kier alpha value is -2.08. The molecule has 0 atom stereocenters. The summed E-state index contributed by atoms with van der Waals surface area (Å²) < 4.78 is 10.7. The summed E-state index contributed by atoms with van der Waals surface area (Å²) in [4.78, 5) is 19.9. The molecule has 0 unspecified atom stereocenters. The Morgan fingerprint density at radius 1 is 1.33 bits per heavy atom. The van der Waals surface area contributed by atoms with Crippen LogP contribution in [0.2, 0.25) is 0 Å². The largest absolute Gasteiger partial charge is 0.497 e. The van der Waals surface area contributed by atoms with Crippen molar-refractivity contribution in [2.45, 2.75) is 39.3 Å². The van der Waals surface area contributed by atoms with Gasteiger partial charge in [0.2, 0.25) is 0 Å². The molecule has 0 bridgehead atoms. The standard InChI is InChI=1S/C18H22N2O3S/c1-18(2,3)23-17(21)20-9-8-14-15(11-20)24-16(19-14)12-6-5-7-13(10-12)22-4/h5-7,10H,8-9,11H2,1-4H3. The molecule has 6 heteroatoms. The molecule has 1 amide bonds. The first kappa shape index (κ1) is 16.8. The first-order chi connectivity index (χ1) is 11.4. The average molecular weight is 346 g/mol. The van der Waals surface area contributed by atoms with Gasteiger partial charge in [-0.25, -0.2) is 9.78 Å². The molecule has 1 aromatic heterocycles. The lowest BCUT2D eigenvalue weighted by molar-refractivity contribution is 0.0225. The Kier molecular flexibility index (Phi) is 4.49. The second-order valence-electron chi connectivity index (χ2n) is 6.77. The quantitative estimate of drug-likeness (QED) is 0.821. The maximum absolute atomic E-state index is 12.3. The van der Waals surface area contributed by atoms with Crippen LogP contribution in [-0.2, 0) is 17.7 Å². The van der Waals surface area contributed by atoms with Gasteiger partial charge in [-0.3, -0.25) is 0 Å². The molecule has 0 saturated carbocycles. The summed E-state index contributed by atoms with van der Waals surface area (Å²) in [5.41, 5.74) is 1.65. The van der Waals surface area contributed by atoms with Crippen LogP contribution in [0.15, 0.2) is 24.3 Å². The van der Waals surface area contributed by atoms with Crippen LogP contribution in [-0.4, -0.2) is 35.2 Å². The van der Waals surface area contributed by atoms with Crippen LogP contribution in [0.3, 0.4) is 0 Å². The van der Waals surface area contributed by atoms with Crippen molar-refractivity contribution in [3.63, 3.8) is 0 Å². The maximum atomic E-state index is 12.3. The van der Waals surface area contributed by atoms with Crippen molar-refractivity contribution >= 4 is 17.4 Å². The SMILES string of the molecule is COc1cccc(-c2nc3c(s2)CN(C(=O)OC(C)(C)C)CC3)c1. The molecule has 0 spiro atoms. The Morgan fingerprint density at radius 3 is 2.83 bits per heavy atom. The van der Waals surface area contributed by atoms with Gasteiger partial charge in [0.1, 0.15) is 16.4 Å². The highest BCUT2D eigenvalue weighted by Crippen LogP contribution is 2.33. The number of carbonyl (C=O) groups is 1. The highest BCUT2D eigenvalue weighted by molar-refractivity contribution is 7.15. The molecule has 2 aromatic rings. The number of amides is 1. The zero-order chi connectivity index (χ0) is 17.3. The Bertz CT molecular complexity index is 749. The van der Waals surface area contributed by atoms with E-state index >= 15 is 0 Å². The second kappa shape index (κ2) is 6.43. The molecule has 5 nitrogen and oxygen atoms in total. The first-order valence-electron chi connectivity index (χ1n) is 7.96. The van der Waals surface area contributed by atoms with Crippen LogP contribution in [0.1, 0.15) is 31.3 Å². The number of hydrogen-bond acceptors (Lipinski definition) is 5. The lowest BCUT2D eigenvalue weighted by Gasteiger charge is -2.29. The van der Waals surface area contributed by atoms with Gasteiger partial charge in [0, 0.05) is 23.4 Å². The van der Waals surface area contributed by atoms with Gasteiger partial charge in [-0.05, 0) is 32.9 Å². The summed E-state index contributed by atoms with van der Waals surface area (Å²) in [6.45, 7) is 6.85. The number of aromatic nitrogens is 1. The van der Waals surface area contributed by atoms with E-state index in [1.807, 2.05) is 45.0 Å². The zero-order valence-corrected chi connectivity index (χ0v) is 15.3. The Labute approximate surface area is 146 Å². The lowest BCUT2D eigenvalue weighted by atomic mass is 10.2. The van der Waals surface area contributed by atoms with E-state index < -0.39 is 5.60 Å². The van der Waals surface area contributed by atoms with Gasteiger partial charge < -0.3 is 14.4 Å². The minimum absolute atomic E-state index is 0.260.